The lowest BCUT2D eigenvalue weighted by molar-refractivity contribution is -0.397. The molecule has 224 valence electrons. The molecule has 0 radical (unpaired) electrons. The number of imidazole rings is 1. The van der Waals surface area contributed by atoms with Gasteiger partial charge in [0.15, 0.2) is 11.5 Å². The van der Waals surface area contributed by atoms with Crippen LogP contribution >= 0.6 is 0 Å². The van der Waals surface area contributed by atoms with E-state index in [1.807, 2.05) is 6.92 Å². The van der Waals surface area contributed by atoms with Gasteiger partial charge in [-0.2, -0.15) is 8.42 Å². The molecule has 2 aliphatic rings. The van der Waals surface area contributed by atoms with Crippen LogP contribution in [0, 0.1) is 22.5 Å². The summed E-state index contributed by atoms with van der Waals surface area (Å²) < 4.78 is 63.8. The van der Waals surface area contributed by atoms with Crippen molar-refractivity contribution in [3.05, 3.63) is 51.8 Å². The smallest absolute Gasteiger partial charge is 0.390 e. The summed E-state index contributed by atoms with van der Waals surface area (Å²) >= 11 is 0. The zero-order chi connectivity index (χ0) is 29.2. The molecule has 2 saturated heterocycles. The number of nitrogens with zero attached hydrogens (tertiary/aromatic N) is 3. The zero-order valence-corrected chi connectivity index (χ0v) is 24.0. The Morgan fingerprint density at radius 3 is 2.20 bits per heavy atom. The maximum atomic E-state index is 12.8. The first kappa shape index (κ1) is 32.0. The van der Waals surface area contributed by atoms with Crippen molar-refractivity contribution in [1.29, 1.82) is 0 Å². The van der Waals surface area contributed by atoms with Gasteiger partial charge >= 0.3 is 5.95 Å². The van der Waals surface area contributed by atoms with Crippen molar-refractivity contribution in [3.63, 3.8) is 0 Å². The van der Waals surface area contributed by atoms with E-state index in [9.17, 15) is 18.5 Å². The highest BCUT2D eigenvalue weighted by Gasteiger charge is 2.44. The summed E-state index contributed by atoms with van der Waals surface area (Å²) in [6.07, 6.45) is 1.48. The van der Waals surface area contributed by atoms with Gasteiger partial charge in [-0.15, -0.1) is 0 Å². The number of hydrogen-bond donors (Lipinski definition) is 0. The van der Waals surface area contributed by atoms with E-state index in [-0.39, 0.29) is 44.7 Å². The van der Waals surface area contributed by atoms with Crippen molar-refractivity contribution in [2.45, 2.75) is 44.6 Å². The Kier molecular flexibility index (Phi) is 11.5. The molecule has 14 nitrogen and oxygen atoms in total. The minimum atomic E-state index is -4.08. The van der Waals surface area contributed by atoms with Crippen LogP contribution in [0.1, 0.15) is 25.1 Å². The molecule has 3 heterocycles. The summed E-state index contributed by atoms with van der Waals surface area (Å²) in [7, 11) is -2.62. The summed E-state index contributed by atoms with van der Waals surface area (Å²) in [6.45, 7) is 8.18. The van der Waals surface area contributed by atoms with E-state index in [1.54, 1.807) is 26.0 Å². The van der Waals surface area contributed by atoms with Gasteiger partial charge in [0.05, 0.1) is 63.1 Å². The van der Waals surface area contributed by atoms with Gasteiger partial charge in [0.25, 0.3) is 10.1 Å². The van der Waals surface area contributed by atoms with Gasteiger partial charge in [0.1, 0.15) is 19.6 Å². The Bertz CT molecular complexity index is 1170. The van der Waals surface area contributed by atoms with Crippen LogP contribution in [0.5, 0.6) is 0 Å². The summed E-state index contributed by atoms with van der Waals surface area (Å²) in [5, 5.41) is 11.6. The molecular weight excluding hydrogens is 550 g/mol. The first-order chi connectivity index (χ1) is 19.0. The highest BCUT2D eigenvalue weighted by molar-refractivity contribution is 7.86. The van der Waals surface area contributed by atoms with Crippen molar-refractivity contribution < 1.29 is 45.9 Å². The monoisotopic (exact) mass is 587 g/mol. The highest BCUT2D eigenvalue weighted by atomic mass is 32.2. The van der Waals surface area contributed by atoms with Gasteiger partial charge in [-0.3, -0.25) is 4.18 Å². The van der Waals surface area contributed by atoms with Gasteiger partial charge < -0.3 is 38.5 Å². The number of ether oxygens (including phenoxy) is 6. The van der Waals surface area contributed by atoms with Crippen LogP contribution in [0.15, 0.2) is 35.4 Å². The summed E-state index contributed by atoms with van der Waals surface area (Å²) in [6, 6.07) is 6.26. The largest absolute Gasteiger partial charge is 0.434 e. The minimum Gasteiger partial charge on any atom is -0.390 e. The Morgan fingerprint density at radius 2 is 1.68 bits per heavy atom. The third-order valence-electron chi connectivity index (χ3n) is 5.95. The molecule has 40 heavy (non-hydrogen) atoms. The van der Waals surface area contributed by atoms with Crippen LogP contribution in [0.3, 0.4) is 0 Å². The third-order valence-corrected chi connectivity index (χ3v) is 7.23. The van der Waals surface area contributed by atoms with Crippen LogP contribution in [0.25, 0.3) is 0 Å². The van der Waals surface area contributed by atoms with E-state index < -0.39 is 32.2 Å². The van der Waals surface area contributed by atoms with Gasteiger partial charge in [0, 0.05) is 7.11 Å². The Morgan fingerprint density at radius 1 is 1.07 bits per heavy atom. The molecule has 0 amide bonds. The average molecular weight is 588 g/mol. The zero-order valence-electron chi connectivity index (χ0n) is 23.2. The van der Waals surface area contributed by atoms with Crippen LogP contribution in [0.2, 0.25) is 0 Å². The highest BCUT2D eigenvalue weighted by Crippen LogP contribution is 2.34. The molecule has 4 rings (SSSR count). The second-order valence-corrected chi connectivity index (χ2v) is 11.5. The van der Waals surface area contributed by atoms with Crippen molar-refractivity contribution >= 4 is 16.1 Å². The maximum absolute atomic E-state index is 12.8. The lowest BCUT2D eigenvalue weighted by Crippen LogP contribution is -2.51. The SMILES string of the molecule is C1COCCO1.COCOCc1cn(CC2(COS(=O)(=O)c3ccc(C)cc3)COC(C)(C)OC2)c([N+](=O)[O-])n1. The molecule has 15 heteroatoms. The Labute approximate surface area is 233 Å². The molecule has 2 aliphatic heterocycles. The molecular formula is C25H37N3O11S. The molecule has 0 saturated carbocycles. The van der Waals surface area contributed by atoms with Crippen LogP contribution in [0.4, 0.5) is 5.95 Å². The van der Waals surface area contributed by atoms with Crippen molar-refractivity contribution in [2.75, 3.05) is 60.2 Å². The fourth-order valence-corrected chi connectivity index (χ4v) is 4.77. The first-order valence-electron chi connectivity index (χ1n) is 12.6. The summed E-state index contributed by atoms with van der Waals surface area (Å²) in [4.78, 5) is 15.0. The quantitative estimate of drug-likeness (QED) is 0.124. The standard InChI is InChI=1S/C21H29N3O9S.C4H8O2/c1-16-5-7-18(8-6-16)34(27,28)33-14-21(12-31-20(2,3)32-13-21)11-23-9-17(10-30-15-29-4)22-19(23)24(25)26;1-2-6-4-3-5-1/h5-9H,10-15H2,1-4H3;1-4H2. The fraction of sp³-hybridized carbons (Fsp3) is 0.640. The van der Waals surface area contributed by atoms with Crippen molar-refractivity contribution in [1.82, 2.24) is 9.55 Å². The average Bonchev–Trinajstić information content (AvgIpc) is 3.33. The summed E-state index contributed by atoms with van der Waals surface area (Å²) in [5.41, 5.74) is 0.193. The first-order valence-corrected chi connectivity index (χ1v) is 14.0. The molecule has 1 aromatic heterocycles. The van der Waals surface area contributed by atoms with E-state index in [4.69, 9.17) is 32.6 Å². The van der Waals surface area contributed by atoms with E-state index in [1.165, 1.54) is 30.0 Å². The van der Waals surface area contributed by atoms with Gasteiger partial charge in [-0.1, -0.05) is 22.7 Å². The molecule has 0 atom stereocenters. The van der Waals surface area contributed by atoms with Crippen molar-refractivity contribution in [2.24, 2.45) is 5.41 Å². The van der Waals surface area contributed by atoms with Gasteiger partial charge in [-0.05, 0) is 37.8 Å². The van der Waals surface area contributed by atoms with Crippen LogP contribution in [-0.4, -0.2) is 88.8 Å². The van der Waals surface area contributed by atoms with Crippen LogP contribution in [-0.2, 0) is 55.9 Å². The number of methoxy groups -OCH3 is 1. The second kappa shape index (κ2) is 14.4. The van der Waals surface area contributed by atoms with Gasteiger partial charge in [-0.25, -0.2) is 4.57 Å². The number of nitro groups is 1. The molecule has 2 aromatic rings. The molecule has 0 unspecified atom stereocenters. The van der Waals surface area contributed by atoms with Crippen molar-refractivity contribution in [3.8, 4) is 0 Å². The van der Waals surface area contributed by atoms with Gasteiger partial charge in [0.2, 0.25) is 0 Å². The van der Waals surface area contributed by atoms with E-state index >= 15 is 0 Å². The number of aryl methyl sites for hydroxylation is 1. The second-order valence-electron chi connectivity index (χ2n) is 9.90. The fourth-order valence-electron chi connectivity index (χ4n) is 3.75. The van der Waals surface area contributed by atoms with E-state index in [0.717, 1.165) is 32.0 Å². The normalized spacial score (nSPS) is 18.5. The topological polar surface area (TPSA) is 160 Å². The summed E-state index contributed by atoms with van der Waals surface area (Å²) in [5.74, 6) is -1.30. The predicted molar refractivity (Wildman–Crippen MR) is 140 cm³/mol. The molecule has 1 aromatic carbocycles. The molecule has 0 aliphatic carbocycles. The maximum Gasteiger partial charge on any atom is 0.434 e. The third kappa shape index (κ3) is 9.55. The van der Waals surface area contributed by atoms with Crippen LogP contribution < -0.4 is 0 Å². The molecule has 0 bridgehead atoms. The lowest BCUT2D eigenvalue weighted by Gasteiger charge is -2.42. The number of hydrogen-bond acceptors (Lipinski definition) is 12. The number of aromatic nitrogens is 2. The molecule has 2 fully saturated rings. The number of benzene rings is 1. The number of rotatable bonds is 11. The molecule has 0 N–H and O–H groups in total. The molecule has 0 spiro atoms. The minimum absolute atomic E-state index is 0.00602. The van der Waals surface area contributed by atoms with E-state index in [0.29, 0.717) is 5.69 Å². The Balaban J connectivity index is 0.000000649. The lowest BCUT2D eigenvalue weighted by atomic mass is 9.89. The van der Waals surface area contributed by atoms with E-state index in [2.05, 4.69) is 4.98 Å². The predicted octanol–water partition coefficient (Wildman–Crippen LogP) is 2.43. The Hall–Kier alpha value is -2.50.